The number of nitro groups is 1. The van der Waals surface area contributed by atoms with Gasteiger partial charge in [0.05, 0.1) is 62.4 Å². The maximum Gasteiger partial charge on any atom is 0.332 e. The van der Waals surface area contributed by atoms with Crippen molar-refractivity contribution in [2.24, 2.45) is 0 Å². The molecule has 0 unspecified atom stereocenters. The Morgan fingerprint density at radius 1 is 1.05 bits per heavy atom. The molecule has 0 saturated heterocycles. The van der Waals surface area contributed by atoms with Crippen LogP contribution in [0.15, 0.2) is 36.5 Å². The minimum absolute atomic E-state index is 0.0941. The Morgan fingerprint density at radius 3 is 2.49 bits per heavy atom. The highest BCUT2D eigenvalue weighted by Crippen LogP contribution is 2.47. The maximum atomic E-state index is 13.2. The van der Waals surface area contributed by atoms with E-state index in [1.165, 1.54) is 16.8 Å². The lowest BCUT2D eigenvalue weighted by Crippen LogP contribution is -2.39. The largest absolute Gasteiger partial charge is 0.379 e. The van der Waals surface area contributed by atoms with Gasteiger partial charge in [0, 0.05) is 23.1 Å². The van der Waals surface area contributed by atoms with E-state index in [4.69, 9.17) is 13.8 Å². The van der Waals surface area contributed by atoms with E-state index in [2.05, 4.69) is 10.3 Å². The van der Waals surface area contributed by atoms with Crippen LogP contribution in [0.4, 0.5) is 5.69 Å². The number of hydrogen-bond donors (Lipinski definition) is 0. The molecule has 2 amide bonds. The molecule has 4 rings (SSSR count). The highest BCUT2D eigenvalue weighted by atomic mass is 31.2. The van der Waals surface area contributed by atoms with Crippen molar-refractivity contribution in [1.29, 1.82) is 0 Å². The summed E-state index contributed by atoms with van der Waals surface area (Å²) in [6.45, 7) is 4.64. The molecule has 14 heteroatoms. The molecule has 3 aromatic rings. The van der Waals surface area contributed by atoms with Crippen LogP contribution in [0.25, 0.3) is 10.8 Å². The van der Waals surface area contributed by atoms with Crippen LogP contribution in [0.2, 0.25) is 0 Å². The van der Waals surface area contributed by atoms with Crippen molar-refractivity contribution in [3.63, 3.8) is 0 Å². The normalized spacial score (nSPS) is 13.5. The smallest absolute Gasteiger partial charge is 0.332 e. The van der Waals surface area contributed by atoms with Crippen LogP contribution in [0.5, 0.6) is 0 Å². The molecule has 0 fully saturated rings. The fourth-order valence-corrected chi connectivity index (χ4v) is 5.54. The van der Waals surface area contributed by atoms with E-state index < -0.39 is 24.3 Å². The third-order valence-electron chi connectivity index (χ3n) is 5.66. The van der Waals surface area contributed by atoms with Gasteiger partial charge in [-0.3, -0.25) is 29.2 Å². The summed E-state index contributed by atoms with van der Waals surface area (Å²) < 4.78 is 29.9. The topological polar surface area (TPSA) is 156 Å². The summed E-state index contributed by atoms with van der Waals surface area (Å²) in [5.74, 6) is -1.15. The quantitative estimate of drug-likeness (QED) is 0.105. The summed E-state index contributed by atoms with van der Waals surface area (Å²) in [5.41, 5.74) is 0.517. The predicted octanol–water partition coefficient (Wildman–Crippen LogP) is 3.42. The van der Waals surface area contributed by atoms with Crippen LogP contribution < -0.4 is 0 Å². The Balaban J connectivity index is 1.40. The second-order valence-corrected chi connectivity index (χ2v) is 10.3. The van der Waals surface area contributed by atoms with E-state index >= 15 is 0 Å². The van der Waals surface area contributed by atoms with Gasteiger partial charge in [-0.15, -0.1) is 5.10 Å². The van der Waals surface area contributed by atoms with Crippen LogP contribution in [0.3, 0.4) is 0 Å². The molecule has 0 aliphatic carbocycles. The summed E-state index contributed by atoms with van der Waals surface area (Å²) in [4.78, 5) is 38.1. The van der Waals surface area contributed by atoms with Crippen molar-refractivity contribution in [2.45, 2.75) is 26.9 Å². The molecule has 0 atom stereocenters. The fourth-order valence-electron chi connectivity index (χ4n) is 4.07. The molecular weight excluding hydrogens is 505 g/mol. The standard InChI is InChI=1S/C23H26N5O8P/c1-3-35-37(33,36-4-2)11-10-34-9-8-26-14-17(24-25-26)15-27-22(29)19-7-5-6-16-12-18(28(31)32)13-20(21(16)19)23(27)30/h5-7,12-14H,3-4,8-11,15H2,1-2H3. The maximum absolute atomic E-state index is 13.2. The molecular formula is C23H26N5O8P. The summed E-state index contributed by atoms with van der Waals surface area (Å²) in [6, 6.07) is 7.38. The monoisotopic (exact) mass is 531 g/mol. The number of rotatable bonds is 13. The van der Waals surface area contributed by atoms with E-state index in [9.17, 15) is 24.3 Å². The fraction of sp³-hybridized carbons (Fsp3) is 0.391. The predicted molar refractivity (Wildman–Crippen MR) is 131 cm³/mol. The van der Waals surface area contributed by atoms with E-state index in [0.29, 0.717) is 28.6 Å². The number of aromatic nitrogens is 3. The number of carbonyl (C=O) groups is 2. The number of nitrogens with zero attached hydrogens (tertiary/aromatic N) is 5. The van der Waals surface area contributed by atoms with Crippen LogP contribution in [0.1, 0.15) is 40.3 Å². The van der Waals surface area contributed by atoms with Gasteiger partial charge in [0.15, 0.2) is 0 Å². The molecule has 2 heterocycles. The summed E-state index contributed by atoms with van der Waals surface area (Å²) in [7, 11) is -3.17. The molecule has 37 heavy (non-hydrogen) atoms. The first kappa shape index (κ1) is 26.6. The zero-order chi connectivity index (χ0) is 26.6. The Bertz CT molecular complexity index is 1380. The van der Waals surface area contributed by atoms with Crippen molar-refractivity contribution in [3.8, 4) is 0 Å². The Kier molecular flexibility index (Phi) is 8.08. The van der Waals surface area contributed by atoms with Gasteiger partial charge in [0.2, 0.25) is 0 Å². The minimum Gasteiger partial charge on any atom is -0.379 e. The number of hydrogen-bond acceptors (Lipinski definition) is 10. The second kappa shape index (κ2) is 11.3. The molecule has 1 aliphatic heterocycles. The van der Waals surface area contributed by atoms with E-state index in [0.717, 1.165) is 4.90 Å². The van der Waals surface area contributed by atoms with Gasteiger partial charge >= 0.3 is 7.60 Å². The molecule has 0 bridgehead atoms. The van der Waals surface area contributed by atoms with Crippen LogP contribution in [-0.2, 0) is 31.4 Å². The van der Waals surface area contributed by atoms with Gasteiger partial charge in [0.1, 0.15) is 5.69 Å². The third-order valence-corrected chi connectivity index (χ3v) is 7.69. The van der Waals surface area contributed by atoms with E-state index in [1.807, 2.05) is 0 Å². The van der Waals surface area contributed by atoms with Crippen LogP contribution in [-0.4, -0.2) is 69.2 Å². The Labute approximate surface area is 212 Å². The van der Waals surface area contributed by atoms with Crippen molar-refractivity contribution >= 4 is 35.9 Å². The van der Waals surface area contributed by atoms with Crippen molar-refractivity contribution in [2.75, 3.05) is 32.6 Å². The summed E-state index contributed by atoms with van der Waals surface area (Å²) >= 11 is 0. The van der Waals surface area contributed by atoms with E-state index in [1.54, 1.807) is 38.2 Å². The first-order valence-corrected chi connectivity index (χ1v) is 13.4. The van der Waals surface area contributed by atoms with Crippen LogP contribution in [0, 0.1) is 10.1 Å². The second-order valence-electron chi connectivity index (χ2n) is 8.11. The van der Waals surface area contributed by atoms with Gasteiger partial charge in [-0.2, -0.15) is 0 Å². The van der Waals surface area contributed by atoms with Crippen molar-refractivity contribution < 1.29 is 32.9 Å². The highest BCUT2D eigenvalue weighted by molar-refractivity contribution is 7.53. The number of non-ortho nitro benzene ring substituents is 1. The Hall–Kier alpha value is -3.51. The Morgan fingerprint density at radius 2 is 1.78 bits per heavy atom. The van der Waals surface area contributed by atoms with Gasteiger partial charge in [-0.25, -0.2) is 4.68 Å². The number of benzene rings is 2. The molecule has 1 aromatic heterocycles. The molecule has 0 spiro atoms. The summed E-state index contributed by atoms with van der Waals surface area (Å²) in [6.07, 6.45) is 1.71. The average molecular weight is 531 g/mol. The van der Waals surface area contributed by atoms with Gasteiger partial charge in [-0.1, -0.05) is 17.3 Å². The average Bonchev–Trinajstić information content (AvgIpc) is 3.32. The lowest BCUT2D eigenvalue weighted by atomic mass is 9.93. The first-order valence-electron chi connectivity index (χ1n) is 11.7. The van der Waals surface area contributed by atoms with Crippen molar-refractivity contribution in [3.05, 3.63) is 63.5 Å². The van der Waals surface area contributed by atoms with Gasteiger partial charge in [-0.05, 0) is 25.3 Å². The number of nitro benzene ring substituents is 1. The number of amides is 2. The molecule has 0 N–H and O–H groups in total. The molecule has 13 nitrogen and oxygen atoms in total. The number of imide groups is 1. The molecule has 2 aromatic carbocycles. The van der Waals surface area contributed by atoms with Gasteiger partial charge in [0.25, 0.3) is 17.5 Å². The SMILES string of the molecule is CCOP(=O)(CCOCCn1cc(CN2C(=O)c3cccc4cc([N+](=O)[O-])cc(c34)C2=O)nn1)OCC. The summed E-state index contributed by atoms with van der Waals surface area (Å²) in [5, 5.41) is 20.2. The first-order chi connectivity index (χ1) is 17.8. The van der Waals surface area contributed by atoms with E-state index in [-0.39, 0.29) is 50.4 Å². The lowest BCUT2D eigenvalue weighted by Gasteiger charge is -2.26. The molecule has 1 aliphatic rings. The van der Waals surface area contributed by atoms with Crippen LogP contribution >= 0.6 is 7.60 Å². The third kappa shape index (κ3) is 5.75. The zero-order valence-electron chi connectivity index (χ0n) is 20.4. The van der Waals surface area contributed by atoms with Gasteiger partial charge < -0.3 is 13.8 Å². The number of carbonyl (C=O) groups excluding carboxylic acids is 2. The molecule has 196 valence electrons. The minimum atomic E-state index is -3.17. The lowest BCUT2D eigenvalue weighted by molar-refractivity contribution is -0.384. The molecule has 0 radical (unpaired) electrons. The highest BCUT2D eigenvalue weighted by Gasteiger charge is 2.34. The zero-order valence-corrected chi connectivity index (χ0v) is 21.3. The van der Waals surface area contributed by atoms with Crippen molar-refractivity contribution in [1.82, 2.24) is 19.9 Å². The number of ether oxygens (including phenoxy) is 1. The molecule has 0 saturated carbocycles.